The van der Waals surface area contributed by atoms with Gasteiger partial charge in [-0.1, -0.05) is 24.3 Å². The van der Waals surface area contributed by atoms with Crippen molar-refractivity contribution in [2.24, 2.45) is 0 Å². The van der Waals surface area contributed by atoms with Crippen molar-refractivity contribution >= 4 is 29.0 Å². The van der Waals surface area contributed by atoms with Crippen LogP contribution in [0.25, 0.3) is 6.08 Å². The molecule has 140 valence electrons. The van der Waals surface area contributed by atoms with Crippen molar-refractivity contribution < 1.29 is 19.1 Å². The van der Waals surface area contributed by atoms with Gasteiger partial charge in [0.25, 0.3) is 11.1 Å². The van der Waals surface area contributed by atoms with Gasteiger partial charge in [0, 0.05) is 0 Å². The van der Waals surface area contributed by atoms with Gasteiger partial charge in [-0.15, -0.1) is 0 Å². The average Bonchev–Trinajstić information content (AvgIpc) is 2.92. The number of hydrogen-bond acceptors (Lipinski definition) is 5. The zero-order chi connectivity index (χ0) is 19.4. The second-order valence-electron chi connectivity index (χ2n) is 6.23. The molecule has 1 aliphatic heterocycles. The third-order valence-electron chi connectivity index (χ3n) is 4.18. The Balaban J connectivity index is 1.65. The molecule has 0 spiro atoms. The number of methoxy groups -OCH3 is 1. The van der Waals surface area contributed by atoms with Gasteiger partial charge in [-0.25, -0.2) is 0 Å². The molecule has 3 rings (SSSR count). The summed E-state index contributed by atoms with van der Waals surface area (Å²) in [5.74, 6) is 1.18. The second kappa shape index (κ2) is 8.31. The van der Waals surface area contributed by atoms with E-state index in [1.807, 2.05) is 56.3 Å². The van der Waals surface area contributed by atoms with Gasteiger partial charge in [-0.05, 0) is 66.6 Å². The van der Waals surface area contributed by atoms with Crippen LogP contribution >= 0.6 is 11.8 Å². The van der Waals surface area contributed by atoms with Crippen molar-refractivity contribution in [2.45, 2.75) is 13.8 Å². The van der Waals surface area contributed by atoms with E-state index in [1.165, 1.54) is 4.90 Å². The molecule has 0 N–H and O–H groups in total. The van der Waals surface area contributed by atoms with Gasteiger partial charge >= 0.3 is 0 Å². The van der Waals surface area contributed by atoms with Crippen LogP contribution in [0.4, 0.5) is 4.79 Å². The van der Waals surface area contributed by atoms with Crippen LogP contribution in [0.3, 0.4) is 0 Å². The molecule has 6 heteroatoms. The summed E-state index contributed by atoms with van der Waals surface area (Å²) < 4.78 is 11.0. The molecule has 0 aliphatic carbocycles. The zero-order valence-electron chi connectivity index (χ0n) is 15.5. The van der Waals surface area contributed by atoms with Crippen molar-refractivity contribution in [2.75, 3.05) is 20.3 Å². The topological polar surface area (TPSA) is 55.8 Å². The molecule has 5 nitrogen and oxygen atoms in total. The van der Waals surface area contributed by atoms with Gasteiger partial charge in [0.1, 0.15) is 18.1 Å². The van der Waals surface area contributed by atoms with Crippen LogP contribution in [0, 0.1) is 13.8 Å². The lowest BCUT2D eigenvalue weighted by Gasteiger charge is -2.14. The van der Waals surface area contributed by atoms with Gasteiger partial charge in [-0.2, -0.15) is 0 Å². The first-order chi connectivity index (χ1) is 13.0. The van der Waals surface area contributed by atoms with Crippen LogP contribution in [-0.2, 0) is 4.79 Å². The minimum Gasteiger partial charge on any atom is -0.497 e. The highest BCUT2D eigenvalue weighted by molar-refractivity contribution is 8.18. The second-order valence-corrected chi connectivity index (χ2v) is 7.22. The average molecular weight is 383 g/mol. The Morgan fingerprint density at radius 3 is 2.70 bits per heavy atom. The maximum absolute atomic E-state index is 12.6. The Morgan fingerprint density at radius 2 is 1.93 bits per heavy atom. The summed E-state index contributed by atoms with van der Waals surface area (Å²) in [5, 5.41) is -0.279. The maximum atomic E-state index is 12.6. The molecule has 2 aromatic carbocycles. The smallest absolute Gasteiger partial charge is 0.293 e. The molecule has 0 saturated carbocycles. The van der Waals surface area contributed by atoms with E-state index < -0.39 is 0 Å². The Morgan fingerprint density at radius 1 is 1.11 bits per heavy atom. The molecule has 1 heterocycles. The van der Waals surface area contributed by atoms with Crippen molar-refractivity contribution in [1.29, 1.82) is 0 Å². The number of carbonyl (C=O) groups is 2. The molecule has 0 bridgehead atoms. The van der Waals surface area contributed by atoms with E-state index in [1.54, 1.807) is 13.2 Å². The molecular weight excluding hydrogens is 362 g/mol. The number of hydrogen-bond donors (Lipinski definition) is 0. The van der Waals surface area contributed by atoms with Crippen LogP contribution in [0.2, 0.25) is 0 Å². The fraction of sp³-hybridized carbons (Fsp3) is 0.238. The standard InChI is InChI=1S/C21H21NO4S/c1-14-7-8-15(2)18(11-14)26-10-9-22-20(23)19(27-21(22)24)13-16-5-4-6-17(12-16)25-3/h4-8,11-13H,9-10H2,1-3H3/b19-13-. The van der Waals surface area contributed by atoms with Gasteiger partial charge < -0.3 is 9.47 Å². The van der Waals surface area contributed by atoms with Gasteiger partial charge in [0.15, 0.2) is 0 Å². The van der Waals surface area contributed by atoms with Gasteiger partial charge in [0.2, 0.25) is 0 Å². The highest BCUT2D eigenvalue weighted by atomic mass is 32.2. The lowest BCUT2D eigenvalue weighted by Crippen LogP contribution is -2.32. The Labute approximate surface area is 163 Å². The molecule has 0 radical (unpaired) electrons. The predicted molar refractivity (Wildman–Crippen MR) is 107 cm³/mol. The zero-order valence-corrected chi connectivity index (χ0v) is 16.3. The van der Waals surface area contributed by atoms with Crippen LogP contribution < -0.4 is 9.47 Å². The van der Waals surface area contributed by atoms with Crippen LogP contribution in [0.5, 0.6) is 11.5 Å². The molecule has 0 unspecified atom stereocenters. The highest BCUT2D eigenvalue weighted by Gasteiger charge is 2.34. The van der Waals surface area contributed by atoms with E-state index >= 15 is 0 Å². The summed E-state index contributed by atoms with van der Waals surface area (Å²) in [5.41, 5.74) is 2.93. The number of thioether (sulfide) groups is 1. The number of nitrogens with zero attached hydrogens (tertiary/aromatic N) is 1. The first kappa shape index (κ1) is 19.0. The number of rotatable bonds is 6. The lowest BCUT2D eigenvalue weighted by atomic mass is 10.1. The molecule has 0 atom stereocenters. The number of aryl methyl sites for hydroxylation is 2. The quantitative estimate of drug-likeness (QED) is 0.691. The van der Waals surface area contributed by atoms with E-state index in [9.17, 15) is 9.59 Å². The van der Waals surface area contributed by atoms with Crippen LogP contribution in [-0.4, -0.2) is 36.3 Å². The van der Waals surface area contributed by atoms with E-state index in [-0.39, 0.29) is 24.3 Å². The minimum absolute atomic E-state index is 0.216. The van der Waals surface area contributed by atoms with Crippen molar-refractivity contribution in [3.63, 3.8) is 0 Å². The summed E-state index contributed by atoms with van der Waals surface area (Å²) in [4.78, 5) is 26.4. The van der Waals surface area contributed by atoms with E-state index in [2.05, 4.69) is 0 Å². The van der Waals surface area contributed by atoms with E-state index in [4.69, 9.17) is 9.47 Å². The normalized spacial score (nSPS) is 15.5. The van der Waals surface area contributed by atoms with E-state index in [0.717, 1.165) is 34.2 Å². The monoisotopic (exact) mass is 383 g/mol. The van der Waals surface area contributed by atoms with Crippen molar-refractivity contribution in [3.8, 4) is 11.5 Å². The summed E-state index contributed by atoms with van der Waals surface area (Å²) >= 11 is 0.944. The summed E-state index contributed by atoms with van der Waals surface area (Å²) in [6, 6.07) is 13.3. The number of benzene rings is 2. The Kier molecular flexibility index (Phi) is 5.86. The van der Waals surface area contributed by atoms with Gasteiger partial charge in [0.05, 0.1) is 18.6 Å². The maximum Gasteiger partial charge on any atom is 0.293 e. The van der Waals surface area contributed by atoms with Gasteiger partial charge in [-0.3, -0.25) is 14.5 Å². The first-order valence-corrected chi connectivity index (χ1v) is 9.39. The summed E-state index contributed by atoms with van der Waals surface area (Å²) in [6.45, 7) is 4.43. The molecule has 1 fully saturated rings. The van der Waals surface area contributed by atoms with Crippen molar-refractivity contribution in [3.05, 3.63) is 64.1 Å². The molecule has 0 aromatic heterocycles. The molecule has 2 amide bonds. The summed E-state index contributed by atoms with van der Waals surface area (Å²) in [6.07, 6.45) is 1.71. The SMILES string of the molecule is COc1cccc(/C=C2\SC(=O)N(CCOc3cc(C)ccc3C)C2=O)c1. The number of carbonyl (C=O) groups excluding carboxylic acids is 2. The van der Waals surface area contributed by atoms with Crippen molar-refractivity contribution in [1.82, 2.24) is 4.90 Å². The Hall–Kier alpha value is -2.73. The minimum atomic E-state index is -0.294. The molecule has 1 saturated heterocycles. The molecular formula is C21H21NO4S. The predicted octanol–water partition coefficient (Wildman–Crippen LogP) is 4.43. The highest BCUT2D eigenvalue weighted by Crippen LogP contribution is 2.32. The first-order valence-electron chi connectivity index (χ1n) is 8.57. The third kappa shape index (κ3) is 4.52. The van der Waals surface area contributed by atoms with E-state index in [0.29, 0.717) is 10.7 Å². The summed E-state index contributed by atoms with van der Waals surface area (Å²) in [7, 11) is 1.59. The third-order valence-corrected chi connectivity index (χ3v) is 5.09. The molecule has 27 heavy (non-hydrogen) atoms. The Bertz CT molecular complexity index is 907. The number of ether oxygens (including phenoxy) is 2. The fourth-order valence-electron chi connectivity index (χ4n) is 2.69. The fourth-order valence-corrected chi connectivity index (χ4v) is 3.55. The van der Waals surface area contributed by atoms with Crippen LogP contribution in [0.15, 0.2) is 47.4 Å². The number of imide groups is 1. The lowest BCUT2D eigenvalue weighted by molar-refractivity contribution is -0.123. The molecule has 1 aliphatic rings. The van der Waals surface area contributed by atoms with Crippen LogP contribution in [0.1, 0.15) is 16.7 Å². The molecule has 2 aromatic rings. The number of amides is 2. The largest absolute Gasteiger partial charge is 0.497 e.